The Morgan fingerprint density at radius 2 is 1.61 bits per heavy atom. The van der Waals surface area contributed by atoms with Gasteiger partial charge in [0.25, 0.3) is 0 Å². The molecule has 0 bridgehead atoms. The first-order chi connectivity index (χ1) is 8.65. The molecule has 2 aromatic carbocycles. The van der Waals surface area contributed by atoms with Gasteiger partial charge in [-0.2, -0.15) is 0 Å². The zero-order valence-corrected chi connectivity index (χ0v) is 12.4. The summed E-state index contributed by atoms with van der Waals surface area (Å²) in [6, 6.07) is 13.9. The summed E-state index contributed by atoms with van der Waals surface area (Å²) in [6.07, 6.45) is 0. The lowest BCUT2D eigenvalue weighted by atomic mass is 10.3. The first kappa shape index (κ1) is 11.7. The van der Waals surface area contributed by atoms with Crippen molar-refractivity contribution in [2.75, 3.05) is 5.73 Å². The van der Waals surface area contributed by atoms with Crippen molar-refractivity contribution >= 4 is 48.8 Å². The highest BCUT2D eigenvalue weighted by Gasteiger charge is 2.09. The topological polar surface area (TPSA) is 43.8 Å². The predicted octanol–water partition coefficient (Wildman–Crippen LogP) is 4.13. The van der Waals surface area contributed by atoms with Gasteiger partial charge in [0.2, 0.25) is 5.95 Å². The molecule has 3 nitrogen and oxygen atoms in total. The normalized spacial score (nSPS) is 11.0. The van der Waals surface area contributed by atoms with Crippen LogP contribution in [0.15, 0.2) is 51.4 Å². The maximum atomic E-state index is 6.00. The Morgan fingerprint density at radius 3 is 2.33 bits per heavy atom. The number of imidazole rings is 1. The van der Waals surface area contributed by atoms with Crippen molar-refractivity contribution in [1.82, 2.24) is 9.55 Å². The van der Waals surface area contributed by atoms with E-state index < -0.39 is 0 Å². The summed E-state index contributed by atoms with van der Waals surface area (Å²) in [5.41, 5.74) is 8.88. The standard InChI is InChI=1S/C13H9Br2N3/c14-8-1-4-10(5-2-8)18-12-6-3-9(15)7-11(12)17-13(18)16/h1-7H,(H2,16,17). The molecular formula is C13H9Br2N3. The van der Waals surface area contributed by atoms with E-state index in [1.165, 1.54) is 0 Å². The number of nitrogens with two attached hydrogens (primary N) is 1. The SMILES string of the molecule is Nc1nc2cc(Br)ccc2n1-c1ccc(Br)cc1. The van der Waals surface area contributed by atoms with E-state index in [0.717, 1.165) is 25.7 Å². The fourth-order valence-electron chi connectivity index (χ4n) is 1.93. The lowest BCUT2D eigenvalue weighted by Crippen LogP contribution is -2.00. The van der Waals surface area contributed by atoms with Crippen LogP contribution < -0.4 is 5.73 Å². The highest BCUT2D eigenvalue weighted by Crippen LogP contribution is 2.26. The molecule has 3 aromatic rings. The third kappa shape index (κ3) is 1.93. The number of hydrogen-bond donors (Lipinski definition) is 1. The van der Waals surface area contributed by atoms with Crippen molar-refractivity contribution < 1.29 is 0 Å². The van der Waals surface area contributed by atoms with Crippen LogP contribution in [0.3, 0.4) is 0 Å². The average Bonchev–Trinajstić information content (AvgIpc) is 2.65. The molecule has 5 heteroatoms. The van der Waals surface area contributed by atoms with Gasteiger partial charge in [-0.25, -0.2) is 4.98 Å². The van der Waals surface area contributed by atoms with Crippen molar-refractivity contribution in [3.05, 3.63) is 51.4 Å². The van der Waals surface area contributed by atoms with E-state index in [9.17, 15) is 0 Å². The second kappa shape index (κ2) is 4.40. The smallest absolute Gasteiger partial charge is 0.205 e. The molecule has 0 aliphatic heterocycles. The van der Waals surface area contributed by atoms with Crippen molar-refractivity contribution in [2.45, 2.75) is 0 Å². The van der Waals surface area contributed by atoms with Gasteiger partial charge in [0.15, 0.2) is 0 Å². The number of aromatic nitrogens is 2. The van der Waals surface area contributed by atoms with Crippen molar-refractivity contribution in [1.29, 1.82) is 0 Å². The molecule has 90 valence electrons. The highest BCUT2D eigenvalue weighted by atomic mass is 79.9. The molecule has 0 radical (unpaired) electrons. The largest absolute Gasteiger partial charge is 0.369 e. The van der Waals surface area contributed by atoms with E-state index in [1.54, 1.807) is 0 Å². The minimum absolute atomic E-state index is 0.491. The lowest BCUT2D eigenvalue weighted by Gasteiger charge is -2.06. The number of benzene rings is 2. The van der Waals surface area contributed by atoms with Crippen LogP contribution in [-0.4, -0.2) is 9.55 Å². The molecule has 2 N–H and O–H groups in total. The van der Waals surface area contributed by atoms with Crippen LogP contribution in [0.25, 0.3) is 16.7 Å². The van der Waals surface area contributed by atoms with E-state index in [2.05, 4.69) is 36.8 Å². The van der Waals surface area contributed by atoms with E-state index in [0.29, 0.717) is 5.95 Å². The van der Waals surface area contributed by atoms with Gasteiger partial charge in [-0.15, -0.1) is 0 Å². The Balaban J connectivity index is 2.28. The number of nitrogens with zero attached hydrogens (tertiary/aromatic N) is 2. The third-order valence-corrected chi connectivity index (χ3v) is 3.75. The molecule has 18 heavy (non-hydrogen) atoms. The summed E-state index contributed by atoms with van der Waals surface area (Å²) in [5, 5.41) is 0. The molecule has 3 rings (SSSR count). The first-order valence-corrected chi connectivity index (χ1v) is 6.93. The van der Waals surface area contributed by atoms with Gasteiger partial charge in [0.05, 0.1) is 11.0 Å². The average molecular weight is 367 g/mol. The van der Waals surface area contributed by atoms with Gasteiger partial charge >= 0.3 is 0 Å². The van der Waals surface area contributed by atoms with Crippen LogP contribution in [0.4, 0.5) is 5.95 Å². The second-order valence-corrected chi connectivity index (χ2v) is 5.75. The Kier molecular flexibility index (Phi) is 2.87. The molecule has 0 amide bonds. The highest BCUT2D eigenvalue weighted by molar-refractivity contribution is 9.10. The van der Waals surface area contributed by atoms with Gasteiger partial charge < -0.3 is 5.73 Å². The molecule has 0 fully saturated rings. The van der Waals surface area contributed by atoms with Gasteiger partial charge in [-0.3, -0.25) is 4.57 Å². The molecular weight excluding hydrogens is 358 g/mol. The van der Waals surface area contributed by atoms with Crippen molar-refractivity contribution in [3.8, 4) is 5.69 Å². The number of anilines is 1. The molecule has 0 atom stereocenters. The van der Waals surface area contributed by atoms with E-state index in [-0.39, 0.29) is 0 Å². The Morgan fingerprint density at radius 1 is 0.944 bits per heavy atom. The fraction of sp³-hybridized carbons (Fsp3) is 0. The Hall–Kier alpha value is -1.33. The zero-order valence-electron chi connectivity index (χ0n) is 9.27. The van der Waals surface area contributed by atoms with Crippen LogP contribution in [-0.2, 0) is 0 Å². The molecule has 0 saturated heterocycles. The number of fused-ring (bicyclic) bond motifs is 1. The van der Waals surface area contributed by atoms with E-state index >= 15 is 0 Å². The molecule has 0 saturated carbocycles. The maximum Gasteiger partial charge on any atom is 0.205 e. The quantitative estimate of drug-likeness (QED) is 0.703. The summed E-state index contributed by atoms with van der Waals surface area (Å²) in [5.74, 6) is 0.491. The Labute approximate surface area is 121 Å². The van der Waals surface area contributed by atoms with Gasteiger partial charge in [-0.1, -0.05) is 31.9 Å². The molecule has 0 unspecified atom stereocenters. The van der Waals surface area contributed by atoms with Crippen LogP contribution in [0, 0.1) is 0 Å². The summed E-state index contributed by atoms with van der Waals surface area (Å²) < 4.78 is 3.97. The van der Waals surface area contributed by atoms with Crippen LogP contribution >= 0.6 is 31.9 Å². The van der Waals surface area contributed by atoms with Gasteiger partial charge in [-0.05, 0) is 42.5 Å². The summed E-state index contributed by atoms with van der Waals surface area (Å²) in [7, 11) is 0. The number of hydrogen-bond acceptors (Lipinski definition) is 2. The van der Waals surface area contributed by atoms with Crippen molar-refractivity contribution in [3.63, 3.8) is 0 Å². The predicted molar refractivity (Wildman–Crippen MR) is 80.9 cm³/mol. The minimum Gasteiger partial charge on any atom is -0.369 e. The van der Waals surface area contributed by atoms with Gasteiger partial charge in [0, 0.05) is 14.6 Å². The van der Waals surface area contributed by atoms with Gasteiger partial charge in [0.1, 0.15) is 0 Å². The van der Waals surface area contributed by atoms with Crippen LogP contribution in [0.1, 0.15) is 0 Å². The fourth-order valence-corrected chi connectivity index (χ4v) is 2.55. The Bertz CT molecular complexity index is 717. The zero-order chi connectivity index (χ0) is 12.7. The minimum atomic E-state index is 0.491. The first-order valence-electron chi connectivity index (χ1n) is 5.34. The summed E-state index contributed by atoms with van der Waals surface area (Å²) in [6.45, 7) is 0. The molecule has 1 aromatic heterocycles. The van der Waals surface area contributed by atoms with Crippen LogP contribution in [0.2, 0.25) is 0 Å². The monoisotopic (exact) mass is 365 g/mol. The number of halogens is 2. The molecule has 1 heterocycles. The van der Waals surface area contributed by atoms with E-state index in [1.807, 2.05) is 47.0 Å². The molecule has 0 aliphatic carbocycles. The lowest BCUT2D eigenvalue weighted by molar-refractivity contribution is 1.11. The molecule has 0 aliphatic rings. The second-order valence-electron chi connectivity index (χ2n) is 3.91. The number of rotatable bonds is 1. The van der Waals surface area contributed by atoms with Crippen LogP contribution in [0.5, 0.6) is 0 Å². The summed E-state index contributed by atoms with van der Waals surface area (Å²) in [4.78, 5) is 4.37. The van der Waals surface area contributed by atoms with E-state index in [4.69, 9.17) is 5.73 Å². The van der Waals surface area contributed by atoms with Crippen molar-refractivity contribution in [2.24, 2.45) is 0 Å². The molecule has 0 spiro atoms. The summed E-state index contributed by atoms with van der Waals surface area (Å²) >= 11 is 6.86. The third-order valence-electron chi connectivity index (χ3n) is 2.73. The maximum absolute atomic E-state index is 6.00. The number of nitrogen functional groups attached to an aromatic ring is 1.